The van der Waals surface area contributed by atoms with Gasteiger partial charge in [-0.25, -0.2) is 0 Å². The third-order valence-electron chi connectivity index (χ3n) is 3.41. The Bertz CT molecular complexity index is 261. The Morgan fingerprint density at radius 3 is 2.60 bits per heavy atom. The van der Waals surface area contributed by atoms with Crippen molar-refractivity contribution in [2.75, 3.05) is 6.54 Å². The van der Waals surface area contributed by atoms with Crippen molar-refractivity contribution in [2.24, 2.45) is 11.3 Å². The topological polar surface area (TPSA) is 52.9 Å². The molecule has 1 unspecified atom stereocenters. The third kappa shape index (κ3) is 2.71. The van der Waals surface area contributed by atoms with E-state index in [1.165, 1.54) is 0 Å². The van der Waals surface area contributed by atoms with Crippen molar-refractivity contribution < 1.29 is 4.79 Å². The van der Waals surface area contributed by atoms with E-state index in [0.29, 0.717) is 12.5 Å². The monoisotopic (exact) mass is 208 g/mol. The molecule has 0 spiro atoms. The molecule has 1 fully saturated rings. The molecular weight excluding hydrogens is 188 g/mol. The smallest absolute Gasteiger partial charge is 0.240 e. The summed E-state index contributed by atoms with van der Waals surface area (Å²) in [7, 11) is 0. The van der Waals surface area contributed by atoms with Crippen LogP contribution < -0.4 is 5.32 Å². The molecule has 3 heteroatoms. The van der Waals surface area contributed by atoms with Gasteiger partial charge in [0.05, 0.1) is 6.07 Å². The van der Waals surface area contributed by atoms with Gasteiger partial charge in [-0.15, -0.1) is 0 Å². The number of carbonyl (C=O) groups is 1. The van der Waals surface area contributed by atoms with Gasteiger partial charge in [0.2, 0.25) is 5.91 Å². The molecule has 0 saturated heterocycles. The third-order valence-corrected chi connectivity index (χ3v) is 3.41. The van der Waals surface area contributed by atoms with Gasteiger partial charge in [-0.1, -0.05) is 33.1 Å². The summed E-state index contributed by atoms with van der Waals surface area (Å²) in [6.07, 6.45) is 4.53. The summed E-state index contributed by atoms with van der Waals surface area (Å²) in [4.78, 5) is 11.9. The lowest BCUT2D eigenvalue weighted by atomic mass is 9.87. The Labute approximate surface area is 91.9 Å². The minimum atomic E-state index is -0.715. The van der Waals surface area contributed by atoms with E-state index in [-0.39, 0.29) is 5.91 Å². The molecule has 0 aromatic rings. The number of nitriles is 1. The zero-order valence-electron chi connectivity index (χ0n) is 9.68. The molecule has 84 valence electrons. The van der Waals surface area contributed by atoms with Crippen LogP contribution in [0.4, 0.5) is 0 Å². The maximum absolute atomic E-state index is 11.9. The van der Waals surface area contributed by atoms with Crippen molar-refractivity contribution in [1.82, 2.24) is 5.32 Å². The lowest BCUT2D eigenvalue weighted by Gasteiger charge is -2.20. The number of nitrogens with zero attached hydrogens (tertiary/aromatic N) is 1. The number of rotatable bonds is 4. The van der Waals surface area contributed by atoms with Crippen LogP contribution in [0.15, 0.2) is 0 Å². The zero-order valence-corrected chi connectivity index (χ0v) is 9.68. The normalized spacial score (nSPS) is 20.6. The molecule has 0 heterocycles. The summed E-state index contributed by atoms with van der Waals surface area (Å²) in [5.74, 6) is 0.439. The quantitative estimate of drug-likeness (QED) is 0.770. The first-order chi connectivity index (χ1) is 7.14. The van der Waals surface area contributed by atoms with Crippen LogP contribution >= 0.6 is 0 Å². The van der Waals surface area contributed by atoms with Crippen molar-refractivity contribution >= 4 is 5.91 Å². The van der Waals surface area contributed by atoms with E-state index in [1.807, 2.05) is 0 Å². The van der Waals surface area contributed by atoms with Gasteiger partial charge in [0.25, 0.3) is 0 Å². The standard InChI is InChI=1S/C12H20N2O/c1-3-10(2)8-14-11(15)12(9-13)6-4-5-7-12/h10H,3-8H2,1-2H3,(H,14,15). The number of nitrogens with one attached hydrogen (secondary N) is 1. The van der Waals surface area contributed by atoms with Crippen LogP contribution in [0.5, 0.6) is 0 Å². The molecule has 0 aromatic heterocycles. The maximum Gasteiger partial charge on any atom is 0.240 e. The second-order valence-electron chi connectivity index (χ2n) is 4.62. The van der Waals surface area contributed by atoms with Gasteiger partial charge in [-0.2, -0.15) is 5.26 Å². The molecule has 1 atom stereocenters. The highest BCUT2D eigenvalue weighted by molar-refractivity contribution is 5.85. The lowest BCUT2D eigenvalue weighted by Crippen LogP contribution is -2.40. The fourth-order valence-corrected chi connectivity index (χ4v) is 1.95. The number of amides is 1. The van der Waals surface area contributed by atoms with E-state index in [2.05, 4.69) is 25.2 Å². The van der Waals surface area contributed by atoms with E-state index in [1.54, 1.807) is 0 Å². The fourth-order valence-electron chi connectivity index (χ4n) is 1.95. The highest BCUT2D eigenvalue weighted by Gasteiger charge is 2.41. The Hall–Kier alpha value is -1.04. The van der Waals surface area contributed by atoms with Gasteiger partial charge < -0.3 is 5.32 Å². The van der Waals surface area contributed by atoms with E-state index >= 15 is 0 Å². The first-order valence-corrected chi connectivity index (χ1v) is 5.84. The molecule has 3 nitrogen and oxygen atoms in total. The zero-order chi connectivity index (χ0) is 11.3. The Morgan fingerprint density at radius 1 is 1.53 bits per heavy atom. The van der Waals surface area contributed by atoms with E-state index < -0.39 is 5.41 Å². The summed E-state index contributed by atoms with van der Waals surface area (Å²) in [5, 5.41) is 12.0. The summed E-state index contributed by atoms with van der Waals surface area (Å²) in [6, 6.07) is 2.21. The average Bonchev–Trinajstić information content (AvgIpc) is 2.75. The Morgan fingerprint density at radius 2 is 2.13 bits per heavy atom. The molecule has 1 amide bonds. The van der Waals surface area contributed by atoms with Crippen LogP contribution in [0.1, 0.15) is 46.0 Å². The molecule has 1 aliphatic carbocycles. The first kappa shape index (κ1) is 12.0. The molecule has 1 rings (SSSR count). The predicted molar refractivity (Wildman–Crippen MR) is 59.0 cm³/mol. The Kier molecular flexibility index (Phi) is 4.14. The summed E-state index contributed by atoms with van der Waals surface area (Å²) in [5.41, 5.74) is -0.715. The van der Waals surface area contributed by atoms with Crippen LogP contribution in [0.25, 0.3) is 0 Å². The average molecular weight is 208 g/mol. The van der Waals surface area contributed by atoms with Crippen LogP contribution in [0.2, 0.25) is 0 Å². The molecule has 1 N–H and O–H groups in total. The number of carbonyl (C=O) groups excluding carboxylic acids is 1. The Balaban J connectivity index is 2.48. The van der Waals surface area contributed by atoms with E-state index in [9.17, 15) is 4.79 Å². The maximum atomic E-state index is 11.9. The molecule has 1 saturated carbocycles. The van der Waals surface area contributed by atoms with Crippen molar-refractivity contribution in [2.45, 2.75) is 46.0 Å². The largest absolute Gasteiger partial charge is 0.354 e. The van der Waals surface area contributed by atoms with Crippen LogP contribution in [0, 0.1) is 22.7 Å². The number of hydrogen-bond acceptors (Lipinski definition) is 2. The molecule has 0 bridgehead atoms. The van der Waals surface area contributed by atoms with E-state index in [4.69, 9.17) is 5.26 Å². The highest BCUT2D eigenvalue weighted by Crippen LogP contribution is 2.37. The highest BCUT2D eigenvalue weighted by atomic mass is 16.2. The lowest BCUT2D eigenvalue weighted by molar-refractivity contribution is -0.128. The van der Waals surface area contributed by atoms with Gasteiger partial charge in [0, 0.05) is 6.54 Å². The molecular formula is C12H20N2O. The second kappa shape index (κ2) is 5.16. The minimum Gasteiger partial charge on any atom is -0.354 e. The number of hydrogen-bond donors (Lipinski definition) is 1. The SMILES string of the molecule is CCC(C)CNC(=O)C1(C#N)CCCC1. The van der Waals surface area contributed by atoms with Crippen LogP contribution in [-0.4, -0.2) is 12.5 Å². The van der Waals surface area contributed by atoms with Crippen LogP contribution in [0.3, 0.4) is 0 Å². The van der Waals surface area contributed by atoms with E-state index in [0.717, 1.165) is 32.1 Å². The van der Waals surface area contributed by atoms with Crippen molar-refractivity contribution in [1.29, 1.82) is 5.26 Å². The molecule has 0 radical (unpaired) electrons. The van der Waals surface area contributed by atoms with Gasteiger partial charge in [0.1, 0.15) is 5.41 Å². The van der Waals surface area contributed by atoms with Gasteiger partial charge >= 0.3 is 0 Å². The van der Waals surface area contributed by atoms with Gasteiger partial charge in [-0.3, -0.25) is 4.79 Å². The summed E-state index contributed by atoms with van der Waals surface area (Å²) < 4.78 is 0. The molecule has 1 aliphatic rings. The fraction of sp³-hybridized carbons (Fsp3) is 0.833. The first-order valence-electron chi connectivity index (χ1n) is 5.84. The van der Waals surface area contributed by atoms with Crippen molar-refractivity contribution in [3.63, 3.8) is 0 Å². The molecule has 0 aliphatic heterocycles. The van der Waals surface area contributed by atoms with Gasteiger partial charge in [0.15, 0.2) is 0 Å². The van der Waals surface area contributed by atoms with Crippen molar-refractivity contribution in [3.8, 4) is 6.07 Å². The predicted octanol–water partition coefficient (Wildman–Crippen LogP) is 2.23. The molecule has 0 aromatic carbocycles. The molecule has 15 heavy (non-hydrogen) atoms. The second-order valence-corrected chi connectivity index (χ2v) is 4.62. The summed E-state index contributed by atoms with van der Waals surface area (Å²) in [6.45, 7) is 4.90. The van der Waals surface area contributed by atoms with Gasteiger partial charge in [-0.05, 0) is 18.8 Å². The minimum absolute atomic E-state index is 0.0530. The van der Waals surface area contributed by atoms with Crippen molar-refractivity contribution in [3.05, 3.63) is 0 Å². The summed E-state index contributed by atoms with van der Waals surface area (Å²) >= 11 is 0. The van der Waals surface area contributed by atoms with Crippen LogP contribution in [-0.2, 0) is 4.79 Å².